The largest absolute Gasteiger partial charge is 0.324 e. The minimum absolute atomic E-state index is 0.532. The molecule has 0 aliphatic carbocycles. The Labute approximate surface area is 195 Å². The summed E-state index contributed by atoms with van der Waals surface area (Å²) in [5, 5.41) is 5.24. The first-order valence-corrected chi connectivity index (χ1v) is 11.2. The van der Waals surface area contributed by atoms with E-state index in [1.165, 1.54) is 11.1 Å². The molecule has 1 aromatic heterocycles. The van der Waals surface area contributed by atoms with Crippen molar-refractivity contribution in [3.63, 3.8) is 0 Å². The third-order valence-corrected chi connectivity index (χ3v) is 6.60. The smallest absolute Gasteiger partial charge is 0.229 e. The Morgan fingerprint density at radius 1 is 1.21 bits per heavy atom. The van der Waals surface area contributed by atoms with Crippen LogP contribution in [0, 0.1) is 26.2 Å². The summed E-state index contributed by atoms with van der Waals surface area (Å²) in [7, 11) is 1.93. The average Bonchev–Trinajstić information content (AvgIpc) is 3.03. The number of fused-ring (bicyclic) bond motifs is 2. The molecule has 0 saturated heterocycles. The van der Waals surface area contributed by atoms with E-state index in [0.717, 1.165) is 53.3 Å². The molecule has 1 atom stereocenters. The Morgan fingerprint density at radius 3 is 2.76 bits per heavy atom. The van der Waals surface area contributed by atoms with E-state index in [1.807, 2.05) is 24.3 Å². The summed E-state index contributed by atoms with van der Waals surface area (Å²) < 4.78 is 0. The number of anilines is 3. The van der Waals surface area contributed by atoms with Gasteiger partial charge in [-0.3, -0.25) is 9.91 Å². The molecule has 0 spiro atoms. The number of rotatable bonds is 4. The number of aromatic nitrogens is 2. The van der Waals surface area contributed by atoms with Gasteiger partial charge in [0.15, 0.2) is 5.82 Å². The van der Waals surface area contributed by atoms with Crippen molar-refractivity contribution >= 4 is 17.5 Å². The zero-order valence-electron chi connectivity index (χ0n) is 19.3. The van der Waals surface area contributed by atoms with Gasteiger partial charge >= 0.3 is 0 Å². The molecular formula is C26H29N7. The molecule has 7 heteroatoms. The summed E-state index contributed by atoms with van der Waals surface area (Å²) in [5.41, 5.74) is 17.2. The van der Waals surface area contributed by atoms with Crippen LogP contribution in [0.25, 0.3) is 0 Å². The van der Waals surface area contributed by atoms with E-state index in [1.54, 1.807) is 0 Å². The lowest BCUT2D eigenvalue weighted by Crippen LogP contribution is -2.52. The quantitative estimate of drug-likeness (QED) is 0.539. The Kier molecular flexibility index (Phi) is 5.29. The normalized spacial score (nSPS) is 19.7. The number of nitrogens with one attached hydrogen (secondary N) is 2. The van der Waals surface area contributed by atoms with Crippen LogP contribution in [0.5, 0.6) is 0 Å². The highest BCUT2D eigenvalue weighted by Gasteiger charge is 2.43. The minimum Gasteiger partial charge on any atom is -0.324 e. The standard InChI is InChI=1S/C26H29N7/c1-5-12-33-13-11-19-9-10-21(14-20(19)16-33)29-25-28-15-22-24(30-25)32(4)31-26(22,27)23-17(2)7-6-8-18(23)3/h1,6-10,14-15,31H,11-13,16,27H2,2-4H3,(H,28,29,30). The van der Waals surface area contributed by atoms with Gasteiger partial charge in [0.25, 0.3) is 0 Å². The maximum Gasteiger partial charge on any atom is 0.229 e. The third-order valence-electron chi connectivity index (χ3n) is 6.60. The summed E-state index contributed by atoms with van der Waals surface area (Å²) in [6, 6.07) is 12.6. The maximum absolute atomic E-state index is 6.93. The zero-order chi connectivity index (χ0) is 23.2. The molecule has 0 fully saturated rings. The first kappa shape index (κ1) is 21.4. The number of nitrogens with two attached hydrogens (primary N) is 1. The minimum atomic E-state index is -0.885. The number of hydrogen-bond donors (Lipinski definition) is 3. The van der Waals surface area contributed by atoms with Crippen LogP contribution in [0.4, 0.5) is 17.5 Å². The van der Waals surface area contributed by atoms with Gasteiger partial charge in [-0.25, -0.2) is 10.4 Å². The second kappa shape index (κ2) is 8.16. The van der Waals surface area contributed by atoms with Crippen molar-refractivity contribution in [2.75, 3.05) is 30.5 Å². The number of terminal acetylenes is 1. The van der Waals surface area contributed by atoms with Crippen molar-refractivity contribution in [2.24, 2.45) is 5.73 Å². The predicted molar refractivity (Wildman–Crippen MR) is 132 cm³/mol. The topological polar surface area (TPSA) is 82.3 Å². The van der Waals surface area contributed by atoms with Crippen LogP contribution < -0.4 is 21.5 Å². The first-order valence-electron chi connectivity index (χ1n) is 11.2. The second-order valence-corrected chi connectivity index (χ2v) is 8.95. The van der Waals surface area contributed by atoms with Crippen LogP contribution in [0.15, 0.2) is 42.6 Å². The molecule has 5 rings (SSSR count). The van der Waals surface area contributed by atoms with Gasteiger partial charge in [-0.05, 0) is 60.2 Å². The number of aryl methyl sites for hydroxylation is 2. The van der Waals surface area contributed by atoms with E-state index >= 15 is 0 Å². The van der Waals surface area contributed by atoms with Crippen molar-refractivity contribution in [1.29, 1.82) is 0 Å². The summed E-state index contributed by atoms with van der Waals surface area (Å²) in [4.78, 5) is 11.7. The van der Waals surface area contributed by atoms with E-state index in [0.29, 0.717) is 12.5 Å². The van der Waals surface area contributed by atoms with Crippen LogP contribution in [0.3, 0.4) is 0 Å². The molecule has 0 amide bonds. The van der Waals surface area contributed by atoms with E-state index < -0.39 is 5.66 Å². The van der Waals surface area contributed by atoms with Crippen LogP contribution in [-0.4, -0.2) is 35.0 Å². The molecule has 33 heavy (non-hydrogen) atoms. The predicted octanol–water partition coefficient (Wildman–Crippen LogP) is 2.94. The SMILES string of the molecule is C#CCN1CCc2ccc(Nc3ncc4c(n3)N(C)NC4(N)c3c(C)cccc3C)cc2C1. The van der Waals surface area contributed by atoms with Crippen molar-refractivity contribution in [3.8, 4) is 12.3 Å². The van der Waals surface area contributed by atoms with Crippen molar-refractivity contribution in [1.82, 2.24) is 20.3 Å². The summed E-state index contributed by atoms with van der Waals surface area (Å²) in [5.74, 6) is 4.04. The molecule has 0 saturated carbocycles. The Balaban J connectivity index is 1.44. The van der Waals surface area contributed by atoms with Crippen LogP contribution in [0.2, 0.25) is 0 Å². The summed E-state index contributed by atoms with van der Waals surface area (Å²) in [6.45, 7) is 6.69. The molecule has 2 aliphatic rings. The fraction of sp³-hybridized carbons (Fsp3) is 0.308. The second-order valence-electron chi connectivity index (χ2n) is 8.95. The highest BCUT2D eigenvalue weighted by molar-refractivity contribution is 5.64. The van der Waals surface area contributed by atoms with Gasteiger partial charge in [-0.1, -0.05) is 30.2 Å². The van der Waals surface area contributed by atoms with E-state index in [2.05, 4.69) is 70.7 Å². The molecule has 7 nitrogen and oxygen atoms in total. The average molecular weight is 440 g/mol. The van der Waals surface area contributed by atoms with Crippen molar-refractivity contribution in [3.05, 3.63) is 76.0 Å². The van der Waals surface area contributed by atoms with Gasteiger partial charge in [0.05, 0.1) is 12.1 Å². The van der Waals surface area contributed by atoms with Crippen LogP contribution in [0.1, 0.15) is 33.4 Å². The van der Waals surface area contributed by atoms with Gasteiger partial charge in [-0.15, -0.1) is 6.42 Å². The first-order chi connectivity index (χ1) is 15.9. The van der Waals surface area contributed by atoms with Crippen LogP contribution in [-0.2, 0) is 18.6 Å². The van der Waals surface area contributed by atoms with Crippen molar-refractivity contribution in [2.45, 2.75) is 32.5 Å². The van der Waals surface area contributed by atoms with Gasteiger partial charge < -0.3 is 11.1 Å². The molecule has 3 aromatic rings. The molecule has 1 unspecified atom stereocenters. The molecule has 0 bridgehead atoms. The number of hydrogen-bond acceptors (Lipinski definition) is 7. The van der Waals surface area contributed by atoms with Gasteiger partial charge in [0.2, 0.25) is 5.95 Å². The Hall–Kier alpha value is -3.44. The van der Waals surface area contributed by atoms with Crippen LogP contribution >= 0.6 is 0 Å². The lowest BCUT2D eigenvalue weighted by atomic mass is 9.88. The fourth-order valence-electron chi connectivity index (χ4n) is 5.06. The van der Waals surface area contributed by atoms with Crippen molar-refractivity contribution < 1.29 is 0 Å². The number of benzene rings is 2. The Bertz CT molecular complexity index is 1240. The van der Waals surface area contributed by atoms with Gasteiger partial charge in [0, 0.05) is 32.0 Å². The molecular weight excluding hydrogens is 410 g/mol. The monoisotopic (exact) mass is 439 g/mol. The van der Waals surface area contributed by atoms with E-state index in [-0.39, 0.29) is 0 Å². The molecule has 2 aliphatic heterocycles. The molecule has 0 radical (unpaired) electrons. The fourth-order valence-corrected chi connectivity index (χ4v) is 5.06. The van der Waals surface area contributed by atoms with E-state index in [4.69, 9.17) is 17.1 Å². The number of hydrazine groups is 1. The third kappa shape index (κ3) is 3.72. The van der Waals surface area contributed by atoms with E-state index in [9.17, 15) is 0 Å². The maximum atomic E-state index is 6.93. The number of nitrogens with zero attached hydrogens (tertiary/aromatic N) is 4. The molecule has 3 heterocycles. The molecule has 2 aromatic carbocycles. The molecule has 168 valence electrons. The highest BCUT2D eigenvalue weighted by atomic mass is 15.6. The van der Waals surface area contributed by atoms with Gasteiger partial charge in [0.1, 0.15) is 5.66 Å². The lowest BCUT2D eigenvalue weighted by Gasteiger charge is -2.29. The van der Waals surface area contributed by atoms with Gasteiger partial charge in [-0.2, -0.15) is 4.98 Å². The summed E-state index contributed by atoms with van der Waals surface area (Å²) in [6.07, 6.45) is 8.33. The molecule has 4 N–H and O–H groups in total. The Morgan fingerprint density at radius 2 is 2.00 bits per heavy atom. The highest BCUT2D eigenvalue weighted by Crippen LogP contribution is 2.39. The summed E-state index contributed by atoms with van der Waals surface area (Å²) >= 11 is 0. The lowest BCUT2D eigenvalue weighted by molar-refractivity contribution is 0.286. The zero-order valence-corrected chi connectivity index (χ0v) is 19.3.